The van der Waals surface area contributed by atoms with E-state index in [2.05, 4.69) is 21.3 Å². The fourth-order valence-electron chi connectivity index (χ4n) is 4.11. The molecule has 1 N–H and O–H groups in total. The summed E-state index contributed by atoms with van der Waals surface area (Å²) in [4.78, 5) is 7.07. The molecule has 2 aliphatic heterocycles. The zero-order valence-electron chi connectivity index (χ0n) is 16.7. The lowest BCUT2D eigenvalue weighted by Crippen LogP contribution is -2.57. The summed E-state index contributed by atoms with van der Waals surface area (Å²) in [5, 5.41) is 4.46. The van der Waals surface area contributed by atoms with Gasteiger partial charge in [0.25, 0.3) is 10.0 Å². The number of halogens is 1. The molecule has 0 amide bonds. The van der Waals surface area contributed by atoms with Crippen LogP contribution in [0.3, 0.4) is 0 Å². The molecule has 4 heterocycles. The maximum absolute atomic E-state index is 13.7. The normalized spacial score (nSPS) is 18.4. The van der Waals surface area contributed by atoms with Gasteiger partial charge in [-0.05, 0) is 43.2 Å². The van der Waals surface area contributed by atoms with Gasteiger partial charge in [-0.1, -0.05) is 35.4 Å². The predicted octanol–water partition coefficient (Wildman–Crippen LogP) is 3.30. The minimum Gasteiger partial charge on any atom is -0.314 e. The molecule has 5 rings (SSSR count). The van der Waals surface area contributed by atoms with Crippen molar-refractivity contribution < 1.29 is 8.42 Å². The Hall–Kier alpha value is -2.19. The lowest BCUT2D eigenvalue weighted by molar-refractivity contribution is 0.160. The van der Waals surface area contributed by atoms with Crippen LogP contribution >= 0.6 is 11.6 Å². The van der Waals surface area contributed by atoms with Crippen molar-refractivity contribution in [3.63, 3.8) is 0 Å². The van der Waals surface area contributed by atoms with Gasteiger partial charge in [-0.2, -0.15) is 0 Å². The number of benzene rings is 1. The summed E-state index contributed by atoms with van der Waals surface area (Å²) in [6.45, 7) is 5.69. The lowest BCUT2D eigenvalue weighted by Gasteiger charge is -2.39. The van der Waals surface area contributed by atoms with E-state index in [0.717, 1.165) is 43.7 Å². The van der Waals surface area contributed by atoms with Gasteiger partial charge in [0.1, 0.15) is 0 Å². The van der Waals surface area contributed by atoms with Crippen LogP contribution in [-0.4, -0.2) is 54.5 Å². The second kappa shape index (κ2) is 7.50. The molecule has 3 aromatic rings. The van der Waals surface area contributed by atoms with E-state index in [1.54, 1.807) is 24.4 Å². The average Bonchev–Trinajstić information content (AvgIpc) is 3.09. The van der Waals surface area contributed by atoms with E-state index in [4.69, 9.17) is 11.6 Å². The molecule has 0 radical (unpaired) electrons. The summed E-state index contributed by atoms with van der Waals surface area (Å²) >= 11 is 6.41. The van der Waals surface area contributed by atoms with Crippen molar-refractivity contribution in [1.29, 1.82) is 0 Å². The van der Waals surface area contributed by atoms with E-state index in [0.29, 0.717) is 27.8 Å². The van der Waals surface area contributed by atoms with Crippen LogP contribution in [0.15, 0.2) is 53.6 Å². The molecule has 1 saturated heterocycles. The summed E-state index contributed by atoms with van der Waals surface area (Å²) in [5.74, 6) is 0. The monoisotopic (exact) mass is 442 g/mol. The average molecular weight is 443 g/mol. The number of aryl methyl sites for hydroxylation is 1. The Bertz CT molecular complexity index is 1240. The summed E-state index contributed by atoms with van der Waals surface area (Å²) in [6.07, 6.45) is 4.48. The van der Waals surface area contributed by atoms with Gasteiger partial charge in [0.15, 0.2) is 5.65 Å². The molecule has 0 spiro atoms. The minimum absolute atomic E-state index is 0.243. The van der Waals surface area contributed by atoms with Gasteiger partial charge in [0.2, 0.25) is 0 Å². The molecule has 0 atom stereocenters. The van der Waals surface area contributed by atoms with E-state index in [1.807, 2.05) is 25.1 Å². The van der Waals surface area contributed by atoms with Gasteiger partial charge in [-0.15, -0.1) is 0 Å². The highest BCUT2D eigenvalue weighted by atomic mass is 35.5. The summed E-state index contributed by atoms with van der Waals surface area (Å²) < 4.78 is 28.7. The summed E-state index contributed by atoms with van der Waals surface area (Å²) in [5.41, 5.74) is 3.04. The smallest absolute Gasteiger partial charge is 0.269 e. The molecule has 0 unspecified atom stereocenters. The van der Waals surface area contributed by atoms with E-state index in [-0.39, 0.29) is 4.90 Å². The van der Waals surface area contributed by atoms with Crippen molar-refractivity contribution in [3.05, 3.63) is 65.0 Å². The second-order valence-corrected chi connectivity index (χ2v) is 10.1. The highest BCUT2D eigenvalue weighted by molar-refractivity contribution is 7.90. The Kier molecular flexibility index (Phi) is 4.94. The van der Waals surface area contributed by atoms with Crippen molar-refractivity contribution in [2.45, 2.75) is 24.3 Å². The predicted molar refractivity (Wildman–Crippen MR) is 119 cm³/mol. The largest absolute Gasteiger partial charge is 0.314 e. The third-order valence-corrected chi connectivity index (χ3v) is 8.06. The van der Waals surface area contributed by atoms with Crippen LogP contribution < -0.4 is 5.32 Å². The maximum atomic E-state index is 13.7. The molecule has 1 fully saturated rings. The minimum atomic E-state index is -3.83. The maximum Gasteiger partial charge on any atom is 0.269 e. The van der Waals surface area contributed by atoms with Crippen LogP contribution in [0.1, 0.15) is 17.7 Å². The van der Waals surface area contributed by atoms with Crippen LogP contribution in [0.2, 0.25) is 5.02 Å². The zero-order valence-corrected chi connectivity index (χ0v) is 18.2. The number of aromatic nitrogens is 2. The first-order valence-corrected chi connectivity index (χ1v) is 11.9. The number of nitrogens with zero attached hydrogens (tertiary/aromatic N) is 3. The lowest BCUT2D eigenvalue weighted by atomic mass is 10.0. The van der Waals surface area contributed by atoms with Gasteiger partial charge in [-0.25, -0.2) is 17.4 Å². The Balaban J connectivity index is 1.65. The zero-order chi connectivity index (χ0) is 20.9. The number of rotatable bonds is 4. The molecule has 0 bridgehead atoms. The Labute approximate surface area is 181 Å². The van der Waals surface area contributed by atoms with Gasteiger partial charge in [-0.3, -0.25) is 4.90 Å². The number of hydrogen-bond donors (Lipinski definition) is 1. The molecule has 156 valence electrons. The van der Waals surface area contributed by atoms with Crippen molar-refractivity contribution in [1.82, 2.24) is 19.2 Å². The van der Waals surface area contributed by atoms with Crippen LogP contribution in [0.5, 0.6) is 0 Å². The molecular weight excluding hydrogens is 420 g/mol. The third-order valence-electron chi connectivity index (χ3n) is 6.01. The number of fused-ring (bicyclic) bond motifs is 1. The molecule has 8 heteroatoms. The van der Waals surface area contributed by atoms with Crippen molar-refractivity contribution in [2.24, 2.45) is 0 Å². The van der Waals surface area contributed by atoms with Crippen molar-refractivity contribution >= 4 is 38.2 Å². The number of nitrogens with one attached hydrogen (secondary N) is 1. The Morgan fingerprint density at radius 1 is 1.17 bits per heavy atom. The molecule has 0 aliphatic carbocycles. The highest BCUT2D eigenvalue weighted by Crippen LogP contribution is 2.34. The topological polar surface area (TPSA) is 67.2 Å². The highest BCUT2D eigenvalue weighted by Gasteiger charge is 2.30. The van der Waals surface area contributed by atoms with Crippen LogP contribution in [-0.2, 0) is 10.0 Å². The van der Waals surface area contributed by atoms with E-state index in [1.165, 1.54) is 3.97 Å². The third kappa shape index (κ3) is 3.26. The fourth-order valence-corrected chi connectivity index (χ4v) is 5.80. The number of hydrogen-bond acceptors (Lipinski definition) is 5. The summed E-state index contributed by atoms with van der Waals surface area (Å²) in [6, 6.07) is 11.0. The first kappa shape index (κ1) is 19.8. The standard InChI is InChI=1S/C22H23ClN4O2S/c1-15-2-4-18(5-3-15)30(28,29)27-21(12-19-20(23)6-9-25-22(19)27)16-7-10-26(11-8-16)17-13-24-14-17/h2-7,9,12,17,24H,8,10-11,13-14H2,1H3. The fraction of sp³-hybridized carbons (Fsp3) is 0.318. The molecule has 2 aromatic heterocycles. The number of pyridine rings is 1. The van der Waals surface area contributed by atoms with Crippen molar-refractivity contribution in [2.75, 3.05) is 26.2 Å². The van der Waals surface area contributed by atoms with E-state index in [9.17, 15) is 8.42 Å². The van der Waals surface area contributed by atoms with Crippen molar-refractivity contribution in [3.8, 4) is 0 Å². The van der Waals surface area contributed by atoms with Crippen LogP contribution in [0, 0.1) is 6.92 Å². The molecular formula is C22H23ClN4O2S. The SMILES string of the molecule is Cc1ccc(S(=O)(=O)n2c(C3=CCN(C4CNC4)CC3)cc3c(Cl)ccnc32)cc1. The van der Waals surface area contributed by atoms with Gasteiger partial charge in [0, 0.05) is 43.8 Å². The first-order chi connectivity index (χ1) is 14.4. The molecule has 2 aliphatic rings. The van der Waals surface area contributed by atoms with Gasteiger partial charge < -0.3 is 5.32 Å². The molecule has 0 saturated carbocycles. The van der Waals surface area contributed by atoms with E-state index < -0.39 is 10.0 Å². The molecule has 30 heavy (non-hydrogen) atoms. The van der Waals surface area contributed by atoms with Gasteiger partial charge >= 0.3 is 0 Å². The van der Waals surface area contributed by atoms with Crippen LogP contribution in [0.4, 0.5) is 0 Å². The molecule has 1 aromatic carbocycles. The molecule has 6 nitrogen and oxygen atoms in total. The van der Waals surface area contributed by atoms with E-state index >= 15 is 0 Å². The first-order valence-electron chi connectivity index (χ1n) is 10.1. The Morgan fingerprint density at radius 2 is 1.93 bits per heavy atom. The quantitative estimate of drug-likeness (QED) is 0.671. The van der Waals surface area contributed by atoms with Crippen LogP contribution in [0.25, 0.3) is 16.6 Å². The Morgan fingerprint density at radius 3 is 2.57 bits per heavy atom. The second-order valence-electron chi connectivity index (χ2n) is 7.93. The summed E-state index contributed by atoms with van der Waals surface area (Å²) in [7, 11) is -3.83. The van der Waals surface area contributed by atoms with Gasteiger partial charge in [0.05, 0.1) is 15.6 Å².